The zero-order valence-electron chi connectivity index (χ0n) is 20.1. The summed E-state index contributed by atoms with van der Waals surface area (Å²) < 4.78 is 10.6. The summed E-state index contributed by atoms with van der Waals surface area (Å²) in [5, 5.41) is 8.76. The Labute approximate surface area is 186 Å². The second-order valence-electron chi connectivity index (χ2n) is 9.72. The molecule has 8 nitrogen and oxygen atoms in total. The van der Waals surface area contributed by atoms with E-state index in [9.17, 15) is 19.2 Å². The van der Waals surface area contributed by atoms with Crippen molar-refractivity contribution in [2.45, 2.75) is 111 Å². The van der Waals surface area contributed by atoms with E-state index in [1.807, 2.05) is 41.5 Å². The zero-order valence-corrected chi connectivity index (χ0v) is 20.1. The minimum Gasteiger partial charge on any atom is -0.481 e. The lowest BCUT2D eigenvalue weighted by atomic mass is 10.1. The minimum absolute atomic E-state index is 0.0448. The van der Waals surface area contributed by atoms with Gasteiger partial charge in [0.25, 0.3) is 0 Å². The largest absolute Gasteiger partial charge is 0.481 e. The van der Waals surface area contributed by atoms with E-state index in [2.05, 4.69) is 0 Å². The lowest BCUT2D eigenvalue weighted by Gasteiger charge is -2.23. The summed E-state index contributed by atoms with van der Waals surface area (Å²) in [5.41, 5.74) is -1.03. The average molecular weight is 444 g/mol. The molecule has 0 spiro atoms. The summed E-state index contributed by atoms with van der Waals surface area (Å²) in [7, 11) is 0. The van der Waals surface area contributed by atoms with Gasteiger partial charge in [0.15, 0.2) is 0 Å². The van der Waals surface area contributed by atoms with Crippen LogP contribution in [0, 0.1) is 0 Å². The first-order chi connectivity index (χ1) is 14.2. The van der Waals surface area contributed by atoms with Gasteiger partial charge >= 0.3 is 17.9 Å². The SMILES string of the molecule is CC(C)(C)OC(=O)CCCCN(CCCCC(=O)OC(C)(C)C)C(=O)CCCC(=O)O. The number of carboxylic acids is 1. The van der Waals surface area contributed by atoms with E-state index < -0.39 is 17.2 Å². The Hall–Kier alpha value is -2.12. The molecule has 8 heteroatoms. The summed E-state index contributed by atoms with van der Waals surface area (Å²) >= 11 is 0. The maximum absolute atomic E-state index is 12.5. The van der Waals surface area contributed by atoms with E-state index in [-0.39, 0.29) is 43.5 Å². The van der Waals surface area contributed by atoms with Gasteiger partial charge in [-0.2, -0.15) is 0 Å². The van der Waals surface area contributed by atoms with Gasteiger partial charge in [-0.3, -0.25) is 19.2 Å². The minimum atomic E-state index is -0.922. The highest BCUT2D eigenvalue weighted by atomic mass is 16.6. The van der Waals surface area contributed by atoms with Crippen molar-refractivity contribution in [2.24, 2.45) is 0 Å². The maximum Gasteiger partial charge on any atom is 0.306 e. The monoisotopic (exact) mass is 443 g/mol. The van der Waals surface area contributed by atoms with Crippen LogP contribution in [0.4, 0.5) is 0 Å². The summed E-state index contributed by atoms with van der Waals surface area (Å²) in [6.45, 7) is 11.9. The molecule has 0 aromatic rings. The van der Waals surface area contributed by atoms with Crippen molar-refractivity contribution in [2.75, 3.05) is 13.1 Å². The Kier molecular flexibility index (Phi) is 13.1. The van der Waals surface area contributed by atoms with E-state index in [0.717, 1.165) is 0 Å². The molecule has 0 saturated carbocycles. The number of carboxylic acid groups (broad SMARTS) is 1. The summed E-state index contributed by atoms with van der Waals surface area (Å²) in [5.74, 6) is -1.54. The van der Waals surface area contributed by atoms with Gasteiger partial charge in [0.2, 0.25) is 5.91 Å². The Morgan fingerprint density at radius 3 is 1.42 bits per heavy atom. The van der Waals surface area contributed by atoms with Gasteiger partial charge in [0, 0.05) is 38.8 Å². The van der Waals surface area contributed by atoms with Crippen molar-refractivity contribution in [3.63, 3.8) is 0 Å². The first-order valence-corrected chi connectivity index (χ1v) is 11.1. The third-order valence-electron chi connectivity index (χ3n) is 4.09. The number of carbonyl (C=O) groups is 4. The quantitative estimate of drug-likeness (QED) is 0.318. The molecule has 180 valence electrons. The molecule has 0 unspecified atom stereocenters. The molecule has 0 aromatic carbocycles. The molecule has 0 aromatic heterocycles. The second-order valence-corrected chi connectivity index (χ2v) is 9.72. The molecule has 0 bridgehead atoms. The number of hydrogen-bond acceptors (Lipinski definition) is 6. The zero-order chi connectivity index (χ0) is 24.1. The highest BCUT2D eigenvalue weighted by Gasteiger charge is 2.18. The van der Waals surface area contributed by atoms with Crippen molar-refractivity contribution in [1.82, 2.24) is 4.90 Å². The van der Waals surface area contributed by atoms with Gasteiger partial charge < -0.3 is 19.5 Å². The number of unbranched alkanes of at least 4 members (excludes halogenated alkanes) is 2. The van der Waals surface area contributed by atoms with Crippen molar-refractivity contribution in [3.05, 3.63) is 0 Å². The van der Waals surface area contributed by atoms with E-state index in [4.69, 9.17) is 14.6 Å². The van der Waals surface area contributed by atoms with Crippen LogP contribution in [0.25, 0.3) is 0 Å². The van der Waals surface area contributed by atoms with Crippen LogP contribution >= 0.6 is 0 Å². The van der Waals surface area contributed by atoms with Gasteiger partial charge in [-0.15, -0.1) is 0 Å². The van der Waals surface area contributed by atoms with Gasteiger partial charge in [-0.05, 0) is 73.6 Å². The van der Waals surface area contributed by atoms with Crippen molar-refractivity contribution in [3.8, 4) is 0 Å². The van der Waals surface area contributed by atoms with Crippen LogP contribution < -0.4 is 0 Å². The Morgan fingerprint density at radius 2 is 1.06 bits per heavy atom. The Morgan fingerprint density at radius 1 is 0.645 bits per heavy atom. The molecule has 0 aliphatic rings. The lowest BCUT2D eigenvalue weighted by molar-refractivity contribution is -0.156. The van der Waals surface area contributed by atoms with Crippen molar-refractivity contribution in [1.29, 1.82) is 0 Å². The van der Waals surface area contributed by atoms with Crippen molar-refractivity contribution >= 4 is 23.8 Å². The average Bonchev–Trinajstić information content (AvgIpc) is 2.56. The highest BCUT2D eigenvalue weighted by molar-refractivity contribution is 5.77. The molecule has 0 saturated heterocycles. The molecule has 1 amide bonds. The Bertz CT molecular complexity index is 552. The molecule has 0 aliphatic heterocycles. The highest BCUT2D eigenvalue weighted by Crippen LogP contribution is 2.13. The fraction of sp³-hybridized carbons (Fsp3) is 0.826. The lowest BCUT2D eigenvalue weighted by Crippen LogP contribution is -2.33. The molecule has 0 fully saturated rings. The summed E-state index contributed by atoms with van der Waals surface area (Å²) in [6, 6.07) is 0. The molecule has 1 N–H and O–H groups in total. The number of ether oxygens (including phenoxy) is 2. The molecule has 0 radical (unpaired) electrons. The van der Waals surface area contributed by atoms with E-state index >= 15 is 0 Å². The predicted molar refractivity (Wildman–Crippen MR) is 117 cm³/mol. The summed E-state index contributed by atoms with van der Waals surface area (Å²) in [6.07, 6.45) is 3.50. The van der Waals surface area contributed by atoms with Gasteiger partial charge in [0.1, 0.15) is 11.2 Å². The number of amides is 1. The predicted octanol–water partition coefficient (Wildman–Crippen LogP) is 4.09. The van der Waals surface area contributed by atoms with Crippen LogP contribution in [-0.4, -0.2) is 58.1 Å². The molecular weight excluding hydrogens is 402 g/mol. The summed E-state index contributed by atoms with van der Waals surface area (Å²) in [4.78, 5) is 48.5. The third kappa shape index (κ3) is 18.4. The normalized spacial score (nSPS) is 11.7. The van der Waals surface area contributed by atoms with E-state index in [1.165, 1.54) is 0 Å². The van der Waals surface area contributed by atoms with E-state index in [1.54, 1.807) is 4.90 Å². The van der Waals surface area contributed by atoms with Gasteiger partial charge in [-0.1, -0.05) is 0 Å². The van der Waals surface area contributed by atoms with Crippen LogP contribution in [0.2, 0.25) is 0 Å². The van der Waals surface area contributed by atoms with Gasteiger partial charge in [0.05, 0.1) is 0 Å². The molecule has 31 heavy (non-hydrogen) atoms. The number of hydrogen-bond donors (Lipinski definition) is 1. The molecular formula is C23H41NO7. The number of rotatable bonds is 14. The maximum atomic E-state index is 12.5. The van der Waals surface area contributed by atoms with Crippen molar-refractivity contribution < 1.29 is 33.8 Å². The van der Waals surface area contributed by atoms with Crippen LogP contribution in [-0.2, 0) is 28.7 Å². The molecule has 0 atom stereocenters. The van der Waals surface area contributed by atoms with Crippen LogP contribution in [0.5, 0.6) is 0 Å². The van der Waals surface area contributed by atoms with Gasteiger partial charge in [-0.25, -0.2) is 0 Å². The number of nitrogens with zero attached hydrogens (tertiary/aromatic N) is 1. The molecule has 0 aliphatic carbocycles. The van der Waals surface area contributed by atoms with Crippen LogP contribution in [0.1, 0.15) is 99.3 Å². The van der Waals surface area contributed by atoms with E-state index in [0.29, 0.717) is 45.2 Å². The third-order valence-corrected chi connectivity index (χ3v) is 4.09. The molecule has 0 rings (SSSR count). The number of aliphatic carboxylic acids is 1. The smallest absolute Gasteiger partial charge is 0.306 e. The second kappa shape index (κ2) is 14.0. The Balaban J connectivity index is 4.48. The first kappa shape index (κ1) is 28.9. The molecule has 0 heterocycles. The standard InChI is InChI=1S/C23H41NO7/c1-22(2,3)30-20(28)14-7-9-16-24(18(25)12-11-13-19(26)27)17-10-8-15-21(29)31-23(4,5)6/h7-17H2,1-6H3,(H,26,27). The number of esters is 2. The fourth-order valence-electron chi connectivity index (χ4n) is 2.84. The number of carbonyl (C=O) groups excluding carboxylic acids is 3. The fourth-order valence-corrected chi connectivity index (χ4v) is 2.84. The topological polar surface area (TPSA) is 110 Å². The van der Waals surface area contributed by atoms with Crippen LogP contribution in [0.15, 0.2) is 0 Å². The van der Waals surface area contributed by atoms with Crippen LogP contribution in [0.3, 0.4) is 0 Å². The first-order valence-electron chi connectivity index (χ1n) is 11.1.